The van der Waals surface area contributed by atoms with E-state index < -0.39 is 18.1 Å². The van der Waals surface area contributed by atoms with Gasteiger partial charge in [-0.15, -0.1) is 0 Å². The standard InChI is InChI=1S/C11H15NO4/c1-15-8-5-3-7(4-6-8)10(13)9(12)11(14)16-2/h3-6,9-10,13H,12H2,1-2H3/t9-,10+/m0/s1. The first-order valence-corrected chi connectivity index (χ1v) is 4.75. The third-order valence-electron chi connectivity index (χ3n) is 2.27. The zero-order valence-electron chi connectivity index (χ0n) is 9.21. The van der Waals surface area contributed by atoms with Crippen molar-refractivity contribution in [2.45, 2.75) is 12.1 Å². The third kappa shape index (κ3) is 2.71. The van der Waals surface area contributed by atoms with Crippen LogP contribution in [-0.4, -0.2) is 31.3 Å². The number of carbonyl (C=O) groups is 1. The van der Waals surface area contributed by atoms with Gasteiger partial charge in [-0.2, -0.15) is 0 Å². The molecule has 88 valence electrons. The number of benzene rings is 1. The minimum atomic E-state index is -1.08. The lowest BCUT2D eigenvalue weighted by atomic mass is 10.0. The van der Waals surface area contributed by atoms with E-state index in [-0.39, 0.29) is 0 Å². The first-order chi connectivity index (χ1) is 7.60. The molecule has 0 fully saturated rings. The number of methoxy groups -OCH3 is 2. The maximum absolute atomic E-state index is 11.1. The molecule has 0 radical (unpaired) electrons. The van der Waals surface area contributed by atoms with Crippen LogP contribution in [0.5, 0.6) is 5.75 Å². The third-order valence-corrected chi connectivity index (χ3v) is 2.27. The number of aliphatic hydroxyl groups excluding tert-OH is 1. The largest absolute Gasteiger partial charge is 0.497 e. The first kappa shape index (κ1) is 12.5. The molecular formula is C11H15NO4. The summed E-state index contributed by atoms with van der Waals surface area (Å²) >= 11 is 0. The number of nitrogens with two attached hydrogens (primary N) is 1. The van der Waals surface area contributed by atoms with Gasteiger partial charge in [-0.25, -0.2) is 0 Å². The maximum Gasteiger partial charge on any atom is 0.325 e. The van der Waals surface area contributed by atoms with Crippen molar-refractivity contribution in [2.75, 3.05) is 14.2 Å². The highest BCUT2D eigenvalue weighted by Crippen LogP contribution is 2.19. The number of carbonyl (C=O) groups excluding carboxylic acids is 1. The zero-order chi connectivity index (χ0) is 12.1. The van der Waals surface area contributed by atoms with Crippen LogP contribution in [-0.2, 0) is 9.53 Å². The summed E-state index contributed by atoms with van der Waals surface area (Å²) in [7, 11) is 2.77. The minimum absolute atomic E-state index is 0.540. The second kappa shape index (κ2) is 5.48. The van der Waals surface area contributed by atoms with Crippen LogP contribution in [0.25, 0.3) is 0 Å². The zero-order valence-corrected chi connectivity index (χ0v) is 9.21. The predicted octanol–water partition coefficient (Wildman–Crippen LogP) is 0.229. The Labute approximate surface area is 93.8 Å². The van der Waals surface area contributed by atoms with Crippen LogP contribution in [0.15, 0.2) is 24.3 Å². The molecule has 0 unspecified atom stereocenters. The van der Waals surface area contributed by atoms with Gasteiger partial charge in [-0.05, 0) is 17.7 Å². The van der Waals surface area contributed by atoms with E-state index in [0.717, 1.165) is 0 Å². The summed E-state index contributed by atoms with van der Waals surface area (Å²) in [6.07, 6.45) is -1.08. The van der Waals surface area contributed by atoms with Gasteiger partial charge in [0.05, 0.1) is 14.2 Å². The van der Waals surface area contributed by atoms with Gasteiger partial charge >= 0.3 is 5.97 Å². The number of rotatable bonds is 4. The van der Waals surface area contributed by atoms with E-state index in [2.05, 4.69) is 4.74 Å². The van der Waals surface area contributed by atoms with Crippen LogP contribution in [0.1, 0.15) is 11.7 Å². The molecule has 0 heterocycles. The van der Waals surface area contributed by atoms with E-state index in [1.165, 1.54) is 7.11 Å². The van der Waals surface area contributed by atoms with Gasteiger partial charge in [0.2, 0.25) is 0 Å². The van der Waals surface area contributed by atoms with E-state index in [1.807, 2.05) is 0 Å². The van der Waals surface area contributed by atoms with Crippen LogP contribution in [0.3, 0.4) is 0 Å². The lowest BCUT2D eigenvalue weighted by Crippen LogP contribution is -2.37. The molecule has 0 aromatic heterocycles. The molecule has 0 bridgehead atoms. The number of hydrogen-bond acceptors (Lipinski definition) is 5. The van der Waals surface area contributed by atoms with Crippen molar-refractivity contribution >= 4 is 5.97 Å². The van der Waals surface area contributed by atoms with E-state index in [9.17, 15) is 9.90 Å². The van der Waals surface area contributed by atoms with Crippen molar-refractivity contribution in [3.63, 3.8) is 0 Å². The molecule has 1 aromatic rings. The molecule has 1 aromatic carbocycles. The number of ether oxygens (including phenoxy) is 2. The van der Waals surface area contributed by atoms with Crippen molar-refractivity contribution in [1.82, 2.24) is 0 Å². The lowest BCUT2D eigenvalue weighted by molar-refractivity contribution is -0.145. The molecule has 0 aliphatic heterocycles. The van der Waals surface area contributed by atoms with Gasteiger partial charge in [-0.3, -0.25) is 4.79 Å². The van der Waals surface area contributed by atoms with Gasteiger partial charge in [0, 0.05) is 0 Å². The molecule has 16 heavy (non-hydrogen) atoms. The number of hydrogen-bond donors (Lipinski definition) is 2. The molecule has 5 nitrogen and oxygen atoms in total. The quantitative estimate of drug-likeness (QED) is 0.717. The molecule has 0 saturated carbocycles. The average molecular weight is 225 g/mol. The summed E-state index contributed by atoms with van der Waals surface area (Å²) in [6, 6.07) is 5.57. The Bertz CT molecular complexity index is 350. The molecule has 0 saturated heterocycles. The van der Waals surface area contributed by atoms with Gasteiger partial charge in [-0.1, -0.05) is 12.1 Å². The van der Waals surface area contributed by atoms with Gasteiger partial charge in [0.25, 0.3) is 0 Å². The second-order valence-electron chi connectivity index (χ2n) is 3.27. The Kier molecular flexibility index (Phi) is 4.28. The number of esters is 1. The van der Waals surface area contributed by atoms with Crippen LogP contribution in [0.2, 0.25) is 0 Å². The summed E-state index contributed by atoms with van der Waals surface area (Å²) in [5.74, 6) is 0.0194. The van der Waals surface area contributed by atoms with Crippen molar-refractivity contribution in [3.05, 3.63) is 29.8 Å². The average Bonchev–Trinajstić information content (AvgIpc) is 2.36. The predicted molar refractivity (Wildman–Crippen MR) is 57.9 cm³/mol. The van der Waals surface area contributed by atoms with Crippen molar-refractivity contribution in [2.24, 2.45) is 5.73 Å². The molecule has 0 aliphatic rings. The molecule has 0 aliphatic carbocycles. The van der Waals surface area contributed by atoms with Crippen molar-refractivity contribution in [1.29, 1.82) is 0 Å². The fraction of sp³-hybridized carbons (Fsp3) is 0.364. The Morgan fingerprint density at radius 1 is 1.31 bits per heavy atom. The Morgan fingerprint density at radius 2 is 1.88 bits per heavy atom. The Hall–Kier alpha value is -1.59. The fourth-order valence-corrected chi connectivity index (χ4v) is 1.27. The Balaban J connectivity index is 2.79. The monoisotopic (exact) mass is 225 g/mol. The lowest BCUT2D eigenvalue weighted by Gasteiger charge is -2.17. The normalized spacial score (nSPS) is 14.0. The van der Waals surface area contributed by atoms with Gasteiger partial charge in [0.1, 0.15) is 17.9 Å². The highest BCUT2D eigenvalue weighted by molar-refractivity contribution is 5.76. The van der Waals surface area contributed by atoms with Crippen LogP contribution in [0, 0.1) is 0 Å². The van der Waals surface area contributed by atoms with E-state index in [1.54, 1.807) is 31.4 Å². The van der Waals surface area contributed by atoms with Gasteiger partial charge < -0.3 is 20.3 Å². The SMILES string of the molecule is COC(=O)[C@@H](N)[C@H](O)c1ccc(OC)cc1. The smallest absolute Gasteiger partial charge is 0.325 e. The molecule has 0 spiro atoms. The summed E-state index contributed by atoms with van der Waals surface area (Å²) in [6.45, 7) is 0. The van der Waals surface area contributed by atoms with Crippen LogP contribution >= 0.6 is 0 Å². The highest BCUT2D eigenvalue weighted by Gasteiger charge is 2.24. The van der Waals surface area contributed by atoms with Crippen molar-refractivity contribution < 1.29 is 19.4 Å². The summed E-state index contributed by atoms with van der Waals surface area (Å²) < 4.78 is 9.42. The molecule has 5 heteroatoms. The Morgan fingerprint density at radius 3 is 2.31 bits per heavy atom. The summed E-state index contributed by atoms with van der Waals surface area (Å²) in [5.41, 5.74) is 6.06. The molecular weight excluding hydrogens is 210 g/mol. The first-order valence-electron chi connectivity index (χ1n) is 4.75. The summed E-state index contributed by atoms with van der Waals surface area (Å²) in [4.78, 5) is 11.1. The maximum atomic E-state index is 11.1. The molecule has 1 rings (SSSR count). The summed E-state index contributed by atoms with van der Waals surface area (Å²) in [5, 5.41) is 9.79. The topological polar surface area (TPSA) is 81.8 Å². The fourth-order valence-electron chi connectivity index (χ4n) is 1.27. The van der Waals surface area contributed by atoms with Gasteiger partial charge in [0.15, 0.2) is 0 Å². The molecule has 2 atom stereocenters. The van der Waals surface area contributed by atoms with E-state index in [0.29, 0.717) is 11.3 Å². The van der Waals surface area contributed by atoms with Crippen LogP contribution in [0.4, 0.5) is 0 Å². The molecule has 3 N–H and O–H groups in total. The van der Waals surface area contributed by atoms with Crippen LogP contribution < -0.4 is 10.5 Å². The minimum Gasteiger partial charge on any atom is -0.497 e. The van der Waals surface area contributed by atoms with E-state index in [4.69, 9.17) is 10.5 Å². The van der Waals surface area contributed by atoms with Crippen molar-refractivity contribution in [3.8, 4) is 5.75 Å². The second-order valence-corrected chi connectivity index (χ2v) is 3.27. The molecule has 0 amide bonds. The number of aliphatic hydroxyl groups is 1. The van der Waals surface area contributed by atoms with E-state index >= 15 is 0 Å². The highest BCUT2D eigenvalue weighted by atomic mass is 16.5.